The zero-order valence-corrected chi connectivity index (χ0v) is 16.0. The lowest BCUT2D eigenvalue weighted by atomic mass is 10.1. The minimum atomic E-state index is 0.0560. The van der Waals surface area contributed by atoms with Gasteiger partial charge in [-0.3, -0.25) is 0 Å². The predicted molar refractivity (Wildman–Crippen MR) is 97.6 cm³/mol. The lowest BCUT2D eigenvalue weighted by molar-refractivity contribution is -0.0185. The van der Waals surface area contributed by atoms with Crippen LogP contribution in [0.1, 0.15) is 65.2 Å². The maximum absolute atomic E-state index is 8.53. The summed E-state index contributed by atoms with van der Waals surface area (Å²) < 4.78 is 21.6. The van der Waals surface area contributed by atoms with Crippen LogP contribution in [0.5, 0.6) is 0 Å². The molecule has 0 amide bonds. The van der Waals surface area contributed by atoms with Gasteiger partial charge in [0.15, 0.2) is 0 Å². The fourth-order valence-electron chi connectivity index (χ4n) is 2.39. The Morgan fingerprint density at radius 1 is 0.667 bits per heavy atom. The van der Waals surface area contributed by atoms with E-state index in [-0.39, 0.29) is 6.61 Å². The van der Waals surface area contributed by atoms with Crippen LogP contribution in [0.3, 0.4) is 0 Å². The van der Waals surface area contributed by atoms with Gasteiger partial charge in [-0.15, -0.1) is 0 Å². The summed E-state index contributed by atoms with van der Waals surface area (Å²) in [4.78, 5) is 0. The van der Waals surface area contributed by atoms with Crippen LogP contribution >= 0.6 is 0 Å². The third-order valence-electron chi connectivity index (χ3n) is 3.82. The molecule has 5 heteroatoms. The summed E-state index contributed by atoms with van der Waals surface area (Å²) in [6.45, 7) is 8.29. The van der Waals surface area contributed by atoms with Gasteiger partial charge in [0.1, 0.15) is 0 Å². The molecule has 0 aromatic heterocycles. The minimum Gasteiger partial charge on any atom is -0.394 e. The van der Waals surface area contributed by atoms with Crippen molar-refractivity contribution in [1.29, 1.82) is 0 Å². The van der Waals surface area contributed by atoms with Crippen molar-refractivity contribution in [2.75, 3.05) is 52.9 Å². The Bertz CT molecular complexity index is 226. The van der Waals surface area contributed by atoms with E-state index in [1.165, 1.54) is 44.9 Å². The topological polar surface area (TPSA) is 57.2 Å². The number of hydrogen-bond acceptors (Lipinski definition) is 5. The van der Waals surface area contributed by atoms with Gasteiger partial charge in [0, 0.05) is 0 Å². The Balaban J connectivity index is 3.11. The van der Waals surface area contributed by atoms with E-state index in [2.05, 4.69) is 13.8 Å². The van der Waals surface area contributed by atoms with Gasteiger partial charge in [0.05, 0.1) is 59.0 Å². The quantitative estimate of drug-likeness (QED) is 0.341. The largest absolute Gasteiger partial charge is 0.394 e. The monoisotopic (exact) mass is 348 g/mol. The van der Waals surface area contributed by atoms with Crippen LogP contribution in [0.4, 0.5) is 0 Å². The molecule has 5 nitrogen and oxygen atoms in total. The number of ether oxygens (including phenoxy) is 4. The van der Waals surface area contributed by atoms with Crippen LogP contribution < -0.4 is 0 Å². The second kappa shape index (κ2) is 20.8. The van der Waals surface area contributed by atoms with Crippen LogP contribution in [-0.2, 0) is 18.9 Å². The van der Waals surface area contributed by atoms with Crippen molar-refractivity contribution in [1.82, 2.24) is 0 Å². The predicted octanol–water partition coefficient (Wildman–Crippen LogP) is 3.57. The van der Waals surface area contributed by atoms with Crippen molar-refractivity contribution in [3.63, 3.8) is 0 Å². The summed E-state index contributed by atoms with van der Waals surface area (Å²) in [7, 11) is 0. The SMILES string of the molecule is CCCCCCCCCC(C)OCCOCCOCCOCCO. The highest BCUT2D eigenvalue weighted by molar-refractivity contribution is 4.52. The van der Waals surface area contributed by atoms with Gasteiger partial charge in [-0.25, -0.2) is 0 Å². The fourth-order valence-corrected chi connectivity index (χ4v) is 2.39. The molecule has 146 valence electrons. The van der Waals surface area contributed by atoms with E-state index < -0.39 is 0 Å². The summed E-state index contributed by atoms with van der Waals surface area (Å²) >= 11 is 0. The van der Waals surface area contributed by atoms with Crippen LogP contribution in [-0.4, -0.2) is 64.1 Å². The van der Waals surface area contributed by atoms with Crippen molar-refractivity contribution in [3.8, 4) is 0 Å². The van der Waals surface area contributed by atoms with E-state index in [4.69, 9.17) is 24.1 Å². The average molecular weight is 349 g/mol. The molecule has 0 rings (SSSR count). The summed E-state index contributed by atoms with van der Waals surface area (Å²) in [5.74, 6) is 0. The van der Waals surface area contributed by atoms with E-state index in [1.54, 1.807) is 0 Å². The zero-order valence-electron chi connectivity index (χ0n) is 16.0. The molecule has 0 aliphatic heterocycles. The number of aliphatic hydroxyl groups is 1. The highest BCUT2D eigenvalue weighted by Gasteiger charge is 2.02. The lowest BCUT2D eigenvalue weighted by Crippen LogP contribution is -2.15. The normalized spacial score (nSPS) is 12.6. The van der Waals surface area contributed by atoms with Gasteiger partial charge >= 0.3 is 0 Å². The minimum absolute atomic E-state index is 0.0560. The van der Waals surface area contributed by atoms with Crippen molar-refractivity contribution < 1.29 is 24.1 Å². The van der Waals surface area contributed by atoms with Gasteiger partial charge < -0.3 is 24.1 Å². The van der Waals surface area contributed by atoms with Crippen LogP contribution in [0.25, 0.3) is 0 Å². The summed E-state index contributed by atoms with van der Waals surface area (Å²) in [6, 6.07) is 0. The second-order valence-electron chi connectivity index (χ2n) is 6.15. The third kappa shape index (κ3) is 19.8. The average Bonchev–Trinajstić information content (AvgIpc) is 2.59. The highest BCUT2D eigenvalue weighted by Crippen LogP contribution is 2.10. The van der Waals surface area contributed by atoms with E-state index in [0.717, 1.165) is 6.42 Å². The van der Waals surface area contributed by atoms with Gasteiger partial charge in [-0.1, -0.05) is 51.9 Å². The molecular formula is C19H40O5. The number of rotatable bonds is 20. The summed E-state index contributed by atoms with van der Waals surface area (Å²) in [5, 5.41) is 8.53. The van der Waals surface area contributed by atoms with E-state index >= 15 is 0 Å². The molecule has 0 fully saturated rings. The zero-order chi connectivity index (χ0) is 17.7. The van der Waals surface area contributed by atoms with Crippen molar-refractivity contribution in [2.24, 2.45) is 0 Å². The maximum atomic E-state index is 8.53. The van der Waals surface area contributed by atoms with Gasteiger partial charge in [-0.05, 0) is 13.3 Å². The molecule has 1 unspecified atom stereocenters. The summed E-state index contributed by atoms with van der Waals surface area (Å²) in [6.07, 6.45) is 10.9. The Hall–Kier alpha value is -0.200. The van der Waals surface area contributed by atoms with Crippen LogP contribution in [0, 0.1) is 0 Å². The maximum Gasteiger partial charge on any atom is 0.0704 e. The molecule has 0 aliphatic rings. The Kier molecular flexibility index (Phi) is 20.7. The molecule has 0 bridgehead atoms. The van der Waals surface area contributed by atoms with Gasteiger partial charge in [-0.2, -0.15) is 0 Å². The molecule has 0 aliphatic carbocycles. The summed E-state index contributed by atoms with van der Waals surface area (Å²) in [5.41, 5.74) is 0. The van der Waals surface area contributed by atoms with Crippen molar-refractivity contribution >= 4 is 0 Å². The van der Waals surface area contributed by atoms with E-state index in [0.29, 0.717) is 52.4 Å². The molecule has 1 atom stereocenters. The Morgan fingerprint density at radius 3 is 1.75 bits per heavy atom. The molecule has 1 N–H and O–H groups in total. The third-order valence-corrected chi connectivity index (χ3v) is 3.82. The highest BCUT2D eigenvalue weighted by atomic mass is 16.6. The number of aliphatic hydroxyl groups excluding tert-OH is 1. The second-order valence-corrected chi connectivity index (χ2v) is 6.15. The Labute approximate surface area is 149 Å². The first-order valence-corrected chi connectivity index (χ1v) is 9.77. The molecule has 0 radical (unpaired) electrons. The first kappa shape index (κ1) is 23.8. The Morgan fingerprint density at radius 2 is 1.17 bits per heavy atom. The van der Waals surface area contributed by atoms with Gasteiger partial charge in [0.2, 0.25) is 0 Å². The first-order chi connectivity index (χ1) is 11.8. The fraction of sp³-hybridized carbons (Fsp3) is 1.00. The standard InChI is InChI=1S/C19H40O5/c1-3-4-5-6-7-8-9-10-19(2)24-18-17-23-16-15-22-14-13-21-12-11-20/h19-20H,3-18H2,1-2H3. The molecule has 0 aromatic carbocycles. The lowest BCUT2D eigenvalue weighted by Gasteiger charge is -2.13. The number of hydrogen-bond donors (Lipinski definition) is 1. The van der Waals surface area contributed by atoms with Crippen LogP contribution in [0.15, 0.2) is 0 Å². The molecule has 0 saturated heterocycles. The van der Waals surface area contributed by atoms with E-state index in [9.17, 15) is 0 Å². The molecule has 0 saturated carbocycles. The smallest absolute Gasteiger partial charge is 0.0704 e. The number of unbranched alkanes of at least 4 members (excludes halogenated alkanes) is 6. The first-order valence-electron chi connectivity index (χ1n) is 9.77. The van der Waals surface area contributed by atoms with Crippen LogP contribution in [0.2, 0.25) is 0 Å². The molecule has 0 aromatic rings. The molecule has 24 heavy (non-hydrogen) atoms. The van der Waals surface area contributed by atoms with Gasteiger partial charge in [0.25, 0.3) is 0 Å². The molecule has 0 spiro atoms. The molecule has 0 heterocycles. The molecular weight excluding hydrogens is 308 g/mol. The van der Waals surface area contributed by atoms with Crippen molar-refractivity contribution in [3.05, 3.63) is 0 Å². The van der Waals surface area contributed by atoms with E-state index in [1.807, 2.05) is 0 Å². The van der Waals surface area contributed by atoms with Crippen molar-refractivity contribution in [2.45, 2.75) is 71.3 Å².